The molecule has 0 unspecified atom stereocenters. The highest BCUT2D eigenvalue weighted by Crippen LogP contribution is 2.26. The zero-order chi connectivity index (χ0) is 20.0. The van der Waals surface area contributed by atoms with E-state index in [9.17, 15) is 18.0 Å². The van der Waals surface area contributed by atoms with Crippen LogP contribution < -0.4 is 14.4 Å². The van der Waals surface area contributed by atoms with Crippen LogP contribution in [-0.4, -0.2) is 38.6 Å². The topological polar surface area (TPSA) is 113 Å². The van der Waals surface area contributed by atoms with E-state index in [1.807, 2.05) is 6.92 Å². The lowest BCUT2D eigenvalue weighted by molar-refractivity contribution is -0.135. The van der Waals surface area contributed by atoms with Crippen LogP contribution in [0.25, 0.3) is 0 Å². The lowest BCUT2D eigenvalue weighted by Gasteiger charge is -2.23. The van der Waals surface area contributed by atoms with E-state index in [1.165, 1.54) is 43.3 Å². The average molecular weight is 392 g/mol. The summed E-state index contributed by atoms with van der Waals surface area (Å²) in [6.07, 6.45) is 0. The molecular formula is C18H20N2O6S. The quantitative estimate of drug-likeness (QED) is 0.713. The first kappa shape index (κ1) is 20.2. The van der Waals surface area contributed by atoms with E-state index in [2.05, 4.69) is 5.32 Å². The summed E-state index contributed by atoms with van der Waals surface area (Å²) in [6, 6.07) is 11.6. The number of carbonyl (C=O) groups excluding carboxylic acids is 1. The van der Waals surface area contributed by atoms with Gasteiger partial charge in [-0.2, -0.15) is 0 Å². The number of hydrogen-bond acceptors (Lipinski definition) is 5. The molecule has 2 aromatic rings. The predicted molar refractivity (Wildman–Crippen MR) is 101 cm³/mol. The molecule has 0 bridgehead atoms. The Morgan fingerprint density at radius 2 is 1.67 bits per heavy atom. The Labute approximate surface area is 157 Å². The van der Waals surface area contributed by atoms with Gasteiger partial charge in [0.15, 0.2) is 0 Å². The predicted octanol–water partition coefficient (Wildman–Crippen LogP) is 2.32. The van der Waals surface area contributed by atoms with Crippen molar-refractivity contribution in [1.29, 1.82) is 0 Å². The van der Waals surface area contributed by atoms with Gasteiger partial charge in [0, 0.05) is 12.6 Å². The number of amides is 1. The van der Waals surface area contributed by atoms with Gasteiger partial charge >= 0.3 is 5.97 Å². The highest BCUT2D eigenvalue weighted by molar-refractivity contribution is 7.92. The molecule has 144 valence electrons. The van der Waals surface area contributed by atoms with Crippen molar-refractivity contribution in [2.45, 2.75) is 18.7 Å². The number of rotatable bonds is 8. The number of anilines is 2. The molecule has 1 amide bonds. The number of aliphatic carboxylic acids is 1. The number of hydrogen-bond donors (Lipinski definition) is 2. The first-order valence-electron chi connectivity index (χ1n) is 8.09. The maximum absolute atomic E-state index is 13.0. The molecule has 0 radical (unpaired) electrons. The molecule has 0 spiro atoms. The van der Waals surface area contributed by atoms with E-state index in [0.29, 0.717) is 18.0 Å². The highest BCUT2D eigenvalue weighted by Gasteiger charge is 2.27. The van der Waals surface area contributed by atoms with E-state index in [-0.39, 0.29) is 16.5 Å². The van der Waals surface area contributed by atoms with E-state index < -0.39 is 22.5 Å². The van der Waals surface area contributed by atoms with E-state index in [1.54, 1.807) is 12.1 Å². The Morgan fingerprint density at radius 1 is 1.07 bits per heavy atom. The summed E-state index contributed by atoms with van der Waals surface area (Å²) in [4.78, 5) is 22.2. The molecule has 2 aromatic carbocycles. The van der Waals surface area contributed by atoms with Crippen molar-refractivity contribution in [3.8, 4) is 5.75 Å². The van der Waals surface area contributed by atoms with Crippen LogP contribution in [0, 0.1) is 0 Å². The summed E-state index contributed by atoms with van der Waals surface area (Å²) in [5.74, 6) is -1.02. The third kappa shape index (κ3) is 5.20. The Kier molecular flexibility index (Phi) is 6.40. The van der Waals surface area contributed by atoms with Gasteiger partial charge in [-0.15, -0.1) is 0 Å². The molecule has 2 rings (SSSR count). The van der Waals surface area contributed by atoms with Crippen LogP contribution in [0.1, 0.15) is 13.8 Å². The fourth-order valence-corrected chi connectivity index (χ4v) is 3.77. The van der Waals surface area contributed by atoms with Crippen LogP contribution in [0.15, 0.2) is 53.4 Å². The van der Waals surface area contributed by atoms with E-state index >= 15 is 0 Å². The molecule has 0 aromatic heterocycles. The average Bonchev–Trinajstić information content (AvgIpc) is 2.60. The number of nitrogens with zero attached hydrogens (tertiary/aromatic N) is 1. The summed E-state index contributed by atoms with van der Waals surface area (Å²) >= 11 is 0. The molecule has 0 aliphatic carbocycles. The van der Waals surface area contributed by atoms with Crippen molar-refractivity contribution in [2.24, 2.45) is 0 Å². The van der Waals surface area contributed by atoms with E-state index in [4.69, 9.17) is 9.84 Å². The second-order valence-corrected chi connectivity index (χ2v) is 7.40. The molecule has 8 nitrogen and oxygen atoms in total. The second kappa shape index (κ2) is 8.54. The Balaban J connectivity index is 2.38. The van der Waals surface area contributed by atoms with Crippen LogP contribution in [0.5, 0.6) is 5.75 Å². The van der Waals surface area contributed by atoms with Crippen LogP contribution in [0.3, 0.4) is 0 Å². The molecule has 0 saturated heterocycles. The van der Waals surface area contributed by atoms with Gasteiger partial charge in [-0.25, -0.2) is 8.42 Å². The van der Waals surface area contributed by atoms with Crippen molar-refractivity contribution in [1.82, 2.24) is 0 Å². The first-order valence-corrected chi connectivity index (χ1v) is 9.53. The van der Waals surface area contributed by atoms with Crippen molar-refractivity contribution < 1.29 is 27.9 Å². The van der Waals surface area contributed by atoms with Crippen molar-refractivity contribution in [2.75, 3.05) is 22.8 Å². The van der Waals surface area contributed by atoms with Gasteiger partial charge in [0.1, 0.15) is 12.3 Å². The summed E-state index contributed by atoms with van der Waals surface area (Å²) < 4.78 is 32.0. The lowest BCUT2D eigenvalue weighted by atomic mass is 10.3. The van der Waals surface area contributed by atoms with Crippen LogP contribution in [0.4, 0.5) is 11.4 Å². The van der Waals surface area contributed by atoms with Gasteiger partial charge in [0.25, 0.3) is 10.0 Å². The Morgan fingerprint density at radius 3 is 2.15 bits per heavy atom. The standard InChI is InChI=1S/C18H20N2O6S/c1-3-26-16-8-6-15(7-9-16)20(12-18(22)23)27(24,25)17-10-4-14(5-11-17)19-13(2)21/h4-11H,3,12H2,1-2H3,(H,19,21)(H,22,23). The maximum atomic E-state index is 13.0. The highest BCUT2D eigenvalue weighted by atomic mass is 32.2. The van der Waals surface area contributed by atoms with Gasteiger partial charge in [0.2, 0.25) is 5.91 Å². The Bertz CT molecular complexity index is 908. The number of sulfonamides is 1. The number of ether oxygens (including phenoxy) is 1. The van der Waals surface area contributed by atoms with Crippen molar-refractivity contribution in [3.63, 3.8) is 0 Å². The normalized spacial score (nSPS) is 10.9. The number of carboxylic acids is 1. The monoisotopic (exact) mass is 392 g/mol. The maximum Gasteiger partial charge on any atom is 0.324 e. The van der Waals surface area contributed by atoms with Gasteiger partial charge < -0.3 is 15.2 Å². The summed E-state index contributed by atoms with van der Waals surface area (Å²) in [7, 11) is -4.12. The molecule has 0 aliphatic rings. The third-order valence-corrected chi connectivity index (χ3v) is 5.27. The first-order chi connectivity index (χ1) is 12.7. The molecule has 0 atom stereocenters. The largest absolute Gasteiger partial charge is 0.494 e. The van der Waals surface area contributed by atoms with Gasteiger partial charge in [-0.3, -0.25) is 13.9 Å². The minimum atomic E-state index is -4.12. The number of carboxylic acid groups (broad SMARTS) is 1. The molecule has 2 N–H and O–H groups in total. The van der Waals surface area contributed by atoms with Crippen molar-refractivity contribution in [3.05, 3.63) is 48.5 Å². The Hall–Kier alpha value is -3.07. The summed E-state index contributed by atoms with van der Waals surface area (Å²) in [5, 5.41) is 11.7. The van der Waals surface area contributed by atoms with Gasteiger partial charge in [0.05, 0.1) is 17.2 Å². The fourth-order valence-electron chi connectivity index (χ4n) is 2.35. The SMILES string of the molecule is CCOc1ccc(N(CC(=O)O)S(=O)(=O)c2ccc(NC(C)=O)cc2)cc1. The van der Waals surface area contributed by atoms with Gasteiger partial charge in [-0.05, 0) is 55.5 Å². The van der Waals surface area contributed by atoms with E-state index in [0.717, 1.165) is 4.31 Å². The van der Waals surface area contributed by atoms with Crippen LogP contribution in [0.2, 0.25) is 0 Å². The molecule has 0 saturated carbocycles. The molecule has 27 heavy (non-hydrogen) atoms. The summed E-state index contributed by atoms with van der Waals surface area (Å²) in [5.41, 5.74) is 0.638. The number of nitrogens with one attached hydrogen (secondary N) is 1. The molecular weight excluding hydrogens is 372 g/mol. The smallest absolute Gasteiger partial charge is 0.324 e. The minimum Gasteiger partial charge on any atom is -0.494 e. The number of carbonyl (C=O) groups is 2. The van der Waals surface area contributed by atoms with Gasteiger partial charge in [-0.1, -0.05) is 0 Å². The zero-order valence-corrected chi connectivity index (χ0v) is 15.7. The molecule has 0 heterocycles. The molecule has 9 heteroatoms. The minimum absolute atomic E-state index is 0.0910. The third-order valence-electron chi connectivity index (χ3n) is 3.48. The second-order valence-electron chi connectivity index (χ2n) is 5.54. The van der Waals surface area contributed by atoms with Crippen molar-refractivity contribution >= 4 is 33.3 Å². The fraction of sp³-hybridized carbons (Fsp3) is 0.222. The van der Waals surface area contributed by atoms with Crippen LogP contribution >= 0.6 is 0 Å². The molecule has 0 fully saturated rings. The number of benzene rings is 2. The molecule has 0 aliphatic heterocycles. The zero-order valence-electron chi connectivity index (χ0n) is 14.9. The van der Waals surface area contributed by atoms with Crippen LogP contribution in [-0.2, 0) is 19.6 Å². The lowest BCUT2D eigenvalue weighted by Crippen LogP contribution is -2.35. The summed E-state index contributed by atoms with van der Waals surface area (Å²) in [6.45, 7) is 2.88.